The number of nitrogens with zero attached hydrogens (tertiary/aromatic N) is 4. The van der Waals surface area contributed by atoms with Gasteiger partial charge in [0, 0.05) is 16.8 Å². The Balaban J connectivity index is 1.97. The van der Waals surface area contributed by atoms with Gasteiger partial charge in [-0.1, -0.05) is 22.5 Å². The lowest BCUT2D eigenvalue weighted by Crippen LogP contribution is -2.05. The zero-order valence-corrected chi connectivity index (χ0v) is 11.4. The van der Waals surface area contributed by atoms with Gasteiger partial charge in [-0.3, -0.25) is 0 Å². The highest BCUT2D eigenvalue weighted by Gasteiger charge is 2.13. The number of aromatic nitrogens is 4. The molecule has 0 radical (unpaired) electrons. The third-order valence-corrected chi connectivity index (χ3v) is 3.31. The molecule has 0 unspecified atom stereocenters. The number of benzene rings is 1. The molecule has 0 saturated heterocycles. The Labute approximate surface area is 116 Å². The topological polar surface area (TPSA) is 82.8 Å². The molecule has 6 heteroatoms. The summed E-state index contributed by atoms with van der Waals surface area (Å²) in [5.74, 6) is 0.807. The van der Waals surface area contributed by atoms with Crippen molar-refractivity contribution in [1.82, 2.24) is 20.2 Å². The fourth-order valence-electron chi connectivity index (χ4n) is 2.13. The van der Waals surface area contributed by atoms with Crippen molar-refractivity contribution < 1.29 is 4.52 Å². The molecule has 3 aromatic rings. The highest BCUT2D eigenvalue weighted by Crippen LogP contribution is 2.21. The summed E-state index contributed by atoms with van der Waals surface area (Å²) >= 11 is 0. The number of nitrogen functional groups attached to an aromatic ring is 1. The van der Waals surface area contributed by atoms with E-state index in [2.05, 4.69) is 15.5 Å². The average Bonchev–Trinajstić information content (AvgIpc) is 3.02. The van der Waals surface area contributed by atoms with Crippen LogP contribution in [-0.2, 0) is 6.54 Å². The first kappa shape index (κ1) is 12.4. The molecule has 3 rings (SSSR count). The van der Waals surface area contributed by atoms with Crippen molar-refractivity contribution in [2.45, 2.75) is 20.4 Å². The van der Waals surface area contributed by atoms with Gasteiger partial charge in [-0.2, -0.15) is 0 Å². The van der Waals surface area contributed by atoms with Crippen LogP contribution in [0.2, 0.25) is 0 Å². The quantitative estimate of drug-likeness (QED) is 0.737. The monoisotopic (exact) mass is 269 g/mol. The number of rotatable bonds is 3. The van der Waals surface area contributed by atoms with Gasteiger partial charge in [-0.15, -0.1) is 5.10 Å². The van der Waals surface area contributed by atoms with Gasteiger partial charge in [0.15, 0.2) is 0 Å². The Morgan fingerprint density at radius 2 is 1.95 bits per heavy atom. The molecular formula is C14H15N5O. The number of anilines is 1. The molecule has 0 spiro atoms. The zero-order chi connectivity index (χ0) is 14.1. The summed E-state index contributed by atoms with van der Waals surface area (Å²) in [5, 5.41) is 12.1. The third kappa shape index (κ3) is 2.16. The van der Waals surface area contributed by atoms with E-state index in [1.54, 1.807) is 6.20 Å². The second-order valence-electron chi connectivity index (χ2n) is 4.70. The predicted octanol–water partition coefficient (Wildman–Crippen LogP) is 2.18. The van der Waals surface area contributed by atoms with E-state index >= 15 is 0 Å². The summed E-state index contributed by atoms with van der Waals surface area (Å²) in [6.45, 7) is 4.40. The molecule has 0 amide bonds. The van der Waals surface area contributed by atoms with Crippen LogP contribution in [0.1, 0.15) is 17.0 Å². The summed E-state index contributed by atoms with van der Waals surface area (Å²) in [4.78, 5) is 0. The second-order valence-corrected chi connectivity index (χ2v) is 4.70. The molecule has 0 fully saturated rings. The largest absolute Gasteiger partial charge is 0.399 e. The van der Waals surface area contributed by atoms with Crippen LogP contribution in [0.25, 0.3) is 11.3 Å². The van der Waals surface area contributed by atoms with Crippen molar-refractivity contribution in [3.05, 3.63) is 47.5 Å². The summed E-state index contributed by atoms with van der Waals surface area (Å²) in [5.41, 5.74) is 10.3. The summed E-state index contributed by atoms with van der Waals surface area (Å²) in [6.07, 6.45) is 1.74. The molecule has 0 aliphatic carbocycles. The van der Waals surface area contributed by atoms with Crippen LogP contribution < -0.4 is 5.73 Å². The lowest BCUT2D eigenvalue weighted by atomic mass is 10.1. The lowest BCUT2D eigenvalue weighted by Gasteiger charge is -2.06. The lowest BCUT2D eigenvalue weighted by molar-refractivity contribution is 0.391. The van der Waals surface area contributed by atoms with E-state index in [0.717, 1.165) is 34.0 Å². The first-order valence-electron chi connectivity index (χ1n) is 6.31. The van der Waals surface area contributed by atoms with Gasteiger partial charge in [0.1, 0.15) is 5.76 Å². The Kier molecular flexibility index (Phi) is 2.98. The number of hydrogen-bond donors (Lipinski definition) is 1. The van der Waals surface area contributed by atoms with Crippen molar-refractivity contribution in [2.75, 3.05) is 5.73 Å². The van der Waals surface area contributed by atoms with Crippen LogP contribution in [0.5, 0.6) is 0 Å². The molecule has 0 aliphatic rings. The first-order valence-corrected chi connectivity index (χ1v) is 6.31. The molecule has 0 saturated carbocycles. The number of nitrogens with two attached hydrogens (primary N) is 1. The normalized spacial score (nSPS) is 10.9. The van der Waals surface area contributed by atoms with E-state index in [4.69, 9.17) is 10.3 Å². The van der Waals surface area contributed by atoms with Crippen molar-refractivity contribution in [3.63, 3.8) is 0 Å². The van der Waals surface area contributed by atoms with Crippen LogP contribution >= 0.6 is 0 Å². The van der Waals surface area contributed by atoms with Gasteiger partial charge in [0.05, 0.1) is 24.1 Å². The van der Waals surface area contributed by atoms with E-state index in [-0.39, 0.29) is 0 Å². The molecule has 0 bridgehead atoms. The third-order valence-electron chi connectivity index (χ3n) is 3.31. The Bertz CT molecular complexity index is 707. The standard InChI is InChI=1S/C14H15N5O/c1-9-13(10(2)20-17-9)8-19-14(7-16-18-19)11-3-5-12(15)6-4-11/h3-7H,8,15H2,1-2H3. The maximum atomic E-state index is 5.71. The fraction of sp³-hybridized carbons (Fsp3) is 0.214. The van der Waals surface area contributed by atoms with Crippen LogP contribution in [0, 0.1) is 13.8 Å². The van der Waals surface area contributed by atoms with Crippen molar-refractivity contribution in [3.8, 4) is 11.3 Å². The van der Waals surface area contributed by atoms with E-state index in [0.29, 0.717) is 6.54 Å². The van der Waals surface area contributed by atoms with E-state index < -0.39 is 0 Å². The Hall–Kier alpha value is -2.63. The minimum atomic E-state index is 0.584. The highest BCUT2D eigenvalue weighted by atomic mass is 16.5. The van der Waals surface area contributed by atoms with Crippen molar-refractivity contribution in [1.29, 1.82) is 0 Å². The van der Waals surface area contributed by atoms with Gasteiger partial charge in [-0.05, 0) is 26.0 Å². The van der Waals surface area contributed by atoms with Crippen molar-refractivity contribution in [2.24, 2.45) is 0 Å². The van der Waals surface area contributed by atoms with E-state index in [1.165, 1.54) is 0 Å². The van der Waals surface area contributed by atoms with Gasteiger partial charge in [0.2, 0.25) is 0 Å². The predicted molar refractivity (Wildman–Crippen MR) is 74.9 cm³/mol. The fourth-order valence-corrected chi connectivity index (χ4v) is 2.13. The molecule has 0 atom stereocenters. The smallest absolute Gasteiger partial charge is 0.138 e. The molecular weight excluding hydrogens is 254 g/mol. The Morgan fingerprint density at radius 1 is 1.20 bits per heavy atom. The Morgan fingerprint density at radius 3 is 2.60 bits per heavy atom. The molecule has 102 valence electrons. The molecule has 2 heterocycles. The minimum Gasteiger partial charge on any atom is -0.399 e. The van der Waals surface area contributed by atoms with Crippen LogP contribution in [-0.4, -0.2) is 20.2 Å². The van der Waals surface area contributed by atoms with E-state index in [9.17, 15) is 0 Å². The van der Waals surface area contributed by atoms with Gasteiger partial charge < -0.3 is 10.3 Å². The van der Waals surface area contributed by atoms with Crippen molar-refractivity contribution >= 4 is 5.69 Å². The van der Waals surface area contributed by atoms with E-state index in [1.807, 2.05) is 42.8 Å². The summed E-state index contributed by atoms with van der Waals surface area (Å²) in [7, 11) is 0. The number of aryl methyl sites for hydroxylation is 2. The van der Waals surface area contributed by atoms with Crippen LogP contribution in [0.15, 0.2) is 35.0 Å². The number of hydrogen-bond acceptors (Lipinski definition) is 5. The maximum absolute atomic E-state index is 5.71. The summed E-state index contributed by atoms with van der Waals surface area (Å²) < 4.78 is 7.01. The molecule has 2 N–H and O–H groups in total. The van der Waals surface area contributed by atoms with Gasteiger partial charge in [0.25, 0.3) is 0 Å². The molecule has 20 heavy (non-hydrogen) atoms. The summed E-state index contributed by atoms with van der Waals surface area (Å²) in [6, 6.07) is 7.64. The average molecular weight is 269 g/mol. The molecule has 1 aromatic carbocycles. The zero-order valence-electron chi connectivity index (χ0n) is 11.4. The highest BCUT2D eigenvalue weighted by molar-refractivity contribution is 5.61. The molecule has 0 aliphatic heterocycles. The SMILES string of the molecule is Cc1noc(C)c1Cn1nncc1-c1ccc(N)cc1. The van der Waals surface area contributed by atoms with Crippen LogP contribution in [0.4, 0.5) is 5.69 Å². The minimum absolute atomic E-state index is 0.584. The van der Waals surface area contributed by atoms with Gasteiger partial charge in [-0.25, -0.2) is 4.68 Å². The second kappa shape index (κ2) is 4.80. The van der Waals surface area contributed by atoms with Crippen LogP contribution in [0.3, 0.4) is 0 Å². The first-order chi connectivity index (χ1) is 9.65. The molecule has 6 nitrogen and oxygen atoms in total. The maximum Gasteiger partial charge on any atom is 0.138 e. The van der Waals surface area contributed by atoms with Gasteiger partial charge >= 0.3 is 0 Å². The molecule has 2 aromatic heterocycles.